The van der Waals surface area contributed by atoms with Crippen LogP contribution in [0.3, 0.4) is 0 Å². The summed E-state index contributed by atoms with van der Waals surface area (Å²) >= 11 is 29.0. The highest BCUT2D eigenvalue weighted by atomic mass is 35.5. The van der Waals surface area contributed by atoms with Gasteiger partial charge in [-0.1, -0.05) is 95.8 Å². The van der Waals surface area contributed by atoms with E-state index < -0.39 is 0 Å². The van der Waals surface area contributed by atoms with Crippen molar-refractivity contribution in [2.75, 3.05) is 26.2 Å². The van der Waals surface area contributed by atoms with Gasteiger partial charge in [-0.15, -0.1) is 0 Å². The highest BCUT2D eigenvalue weighted by Gasteiger charge is 2.22. The third kappa shape index (κ3) is 7.57. The monoisotopic (exact) mass is 682 g/mol. The fourth-order valence-electron chi connectivity index (χ4n) is 5.32. The van der Waals surface area contributed by atoms with E-state index >= 15 is 0 Å². The first-order valence-corrected chi connectivity index (χ1v) is 18.0. The number of unbranched alkanes of at least 4 members (excludes halogenated alkanes) is 4. The molecule has 0 aliphatic carbocycles. The molecule has 0 spiro atoms. The van der Waals surface area contributed by atoms with Gasteiger partial charge in [0.2, 0.25) is 11.0 Å². The number of fused-ring (bicyclic) bond motifs is 2. The highest BCUT2D eigenvalue weighted by molar-refractivity contribution is 7.19. The first kappa shape index (κ1) is 31.9. The lowest BCUT2D eigenvalue weighted by Crippen LogP contribution is -2.41. The lowest BCUT2D eigenvalue weighted by Gasteiger charge is -2.33. The first-order valence-electron chi connectivity index (χ1n) is 14.8. The van der Waals surface area contributed by atoms with Gasteiger partial charge in [-0.25, -0.2) is 0 Å². The number of piperazine rings is 1. The molecule has 0 N–H and O–H groups in total. The van der Waals surface area contributed by atoms with E-state index in [1.54, 1.807) is 22.7 Å². The van der Waals surface area contributed by atoms with Gasteiger partial charge in [0, 0.05) is 75.7 Å². The molecule has 5 rings (SSSR count). The van der Waals surface area contributed by atoms with Gasteiger partial charge >= 0.3 is 0 Å². The number of nitrogens with zero attached hydrogens (tertiary/aromatic N) is 4. The van der Waals surface area contributed by atoms with E-state index in [-0.39, 0.29) is 0 Å². The summed E-state index contributed by atoms with van der Waals surface area (Å²) in [5.41, 5.74) is 2.33. The summed E-state index contributed by atoms with van der Waals surface area (Å²) in [5.74, 6) is 0. The lowest BCUT2D eigenvalue weighted by atomic mass is 10.2. The predicted molar refractivity (Wildman–Crippen MR) is 184 cm³/mol. The second kappa shape index (κ2) is 15.0. The summed E-state index contributed by atoms with van der Waals surface area (Å²) in [6.07, 6.45) is 16.2. The van der Waals surface area contributed by atoms with Gasteiger partial charge in [0.25, 0.3) is 10.0 Å². The molecule has 4 nitrogen and oxygen atoms in total. The quantitative estimate of drug-likeness (QED) is 0.109. The normalized spacial score (nSPS) is 14.5. The number of hydrogen-bond acceptors (Lipinski definition) is 4. The molecule has 1 fully saturated rings. The molecule has 4 aromatic rings. The van der Waals surface area contributed by atoms with Gasteiger partial charge in [-0.3, -0.25) is 0 Å². The molecule has 0 bridgehead atoms. The molecule has 10 heteroatoms. The van der Waals surface area contributed by atoms with E-state index in [1.807, 2.05) is 24.3 Å². The van der Waals surface area contributed by atoms with E-state index in [9.17, 15) is 0 Å². The molecule has 42 heavy (non-hydrogen) atoms. The zero-order valence-corrected chi connectivity index (χ0v) is 28.9. The van der Waals surface area contributed by atoms with Crippen molar-refractivity contribution >= 4 is 102 Å². The fourth-order valence-corrected chi connectivity index (χ4v) is 8.30. The lowest BCUT2D eigenvalue weighted by molar-refractivity contribution is -0.669. The summed E-state index contributed by atoms with van der Waals surface area (Å²) in [4.78, 5) is 4.83. The summed E-state index contributed by atoms with van der Waals surface area (Å²) in [6.45, 7) is 10.4. The standard InChI is InChI=1S/C32H38Cl4N4S2/c1-3-5-7-11-39-27-19-23(33)25(35)21-29(27)41-31(39)9-13-37-15-17-38(18-16-37)14-10-32-40(12-8-6-4-2)28-20-24(34)26(36)22-30(28)42-32/h9-10,13-14,19-22H,3-8,11-12,15-18H2,1-2H3/q+2. The average Bonchev–Trinajstić information content (AvgIpc) is 3.48. The number of halogens is 4. The Morgan fingerprint density at radius 2 is 1.00 bits per heavy atom. The Bertz CT molecular complexity index is 1470. The van der Waals surface area contributed by atoms with Crippen molar-refractivity contribution in [3.8, 4) is 0 Å². The number of aromatic nitrogens is 2. The minimum absolute atomic E-state index is 0.612. The van der Waals surface area contributed by atoms with E-state index in [0.717, 1.165) is 63.1 Å². The van der Waals surface area contributed by atoms with Crippen LogP contribution in [0.2, 0.25) is 20.1 Å². The molecule has 2 aromatic heterocycles. The summed E-state index contributed by atoms with van der Waals surface area (Å²) in [7, 11) is 0. The van der Waals surface area contributed by atoms with Crippen molar-refractivity contribution in [3.63, 3.8) is 0 Å². The van der Waals surface area contributed by atoms with Gasteiger partial charge in [0.1, 0.15) is 9.40 Å². The van der Waals surface area contributed by atoms with E-state index in [0.29, 0.717) is 20.1 Å². The van der Waals surface area contributed by atoms with Crippen LogP contribution >= 0.6 is 69.1 Å². The Labute approximate surface area is 277 Å². The molecule has 2 aromatic carbocycles. The number of aryl methyl sites for hydroxylation is 2. The molecular formula is C32H38Cl4N4S2+2. The third-order valence-electron chi connectivity index (χ3n) is 7.72. The average molecular weight is 685 g/mol. The SMILES string of the molecule is CCCCC[n+]1c(C=CN2CCN(C=Cc3sc4cc(Cl)c(Cl)cc4[n+]3CCCCC)CC2)sc2cc(Cl)c(Cl)cc21. The fraction of sp³-hybridized carbons (Fsp3) is 0.438. The molecule has 1 aliphatic rings. The minimum atomic E-state index is 0.612. The van der Waals surface area contributed by atoms with Crippen LogP contribution in [-0.2, 0) is 13.1 Å². The largest absolute Gasteiger partial charge is 0.374 e. The zero-order chi connectivity index (χ0) is 29.6. The van der Waals surface area contributed by atoms with Crippen molar-refractivity contribution in [1.29, 1.82) is 0 Å². The summed E-state index contributed by atoms with van der Waals surface area (Å²) in [6, 6.07) is 8.01. The van der Waals surface area contributed by atoms with Crippen molar-refractivity contribution < 1.29 is 9.13 Å². The van der Waals surface area contributed by atoms with Crippen LogP contribution in [0.1, 0.15) is 62.4 Å². The molecule has 0 amide bonds. The Balaban J connectivity index is 1.26. The molecule has 1 saturated heterocycles. The topological polar surface area (TPSA) is 14.2 Å². The van der Waals surface area contributed by atoms with Crippen LogP contribution in [0.15, 0.2) is 36.7 Å². The Morgan fingerprint density at radius 1 is 0.619 bits per heavy atom. The molecule has 1 aliphatic heterocycles. The number of hydrogen-bond donors (Lipinski definition) is 0. The van der Waals surface area contributed by atoms with E-state index in [1.165, 1.54) is 45.1 Å². The van der Waals surface area contributed by atoms with Gasteiger partial charge < -0.3 is 9.80 Å². The van der Waals surface area contributed by atoms with Crippen molar-refractivity contribution in [3.05, 3.63) is 66.8 Å². The van der Waals surface area contributed by atoms with E-state index in [2.05, 4.69) is 57.3 Å². The number of rotatable bonds is 12. The van der Waals surface area contributed by atoms with Gasteiger partial charge in [0.15, 0.2) is 13.1 Å². The first-order chi connectivity index (χ1) is 20.4. The molecule has 3 heterocycles. The molecule has 0 radical (unpaired) electrons. The zero-order valence-electron chi connectivity index (χ0n) is 24.2. The molecular weight excluding hydrogens is 646 g/mol. The van der Waals surface area contributed by atoms with Gasteiger partial charge in [-0.05, 0) is 25.0 Å². The van der Waals surface area contributed by atoms with Crippen LogP contribution < -0.4 is 9.13 Å². The second-order valence-corrected chi connectivity index (χ2v) is 14.5. The van der Waals surface area contributed by atoms with Crippen LogP contribution in [-0.4, -0.2) is 36.0 Å². The Morgan fingerprint density at radius 3 is 1.38 bits per heavy atom. The maximum atomic E-state index is 6.39. The maximum absolute atomic E-state index is 6.39. The highest BCUT2D eigenvalue weighted by Crippen LogP contribution is 2.32. The van der Waals surface area contributed by atoms with Crippen LogP contribution in [0.5, 0.6) is 0 Å². The summed E-state index contributed by atoms with van der Waals surface area (Å²) in [5, 5.41) is 4.92. The Kier molecular flexibility index (Phi) is 11.4. The van der Waals surface area contributed by atoms with Crippen molar-refractivity contribution in [2.24, 2.45) is 0 Å². The second-order valence-electron chi connectivity index (χ2n) is 10.8. The third-order valence-corrected chi connectivity index (χ3v) is 11.4. The number of benzene rings is 2. The Hall–Kier alpha value is -1.54. The number of thiazole rings is 2. The molecule has 224 valence electrons. The maximum Gasteiger partial charge on any atom is 0.264 e. The predicted octanol–water partition coefficient (Wildman–Crippen LogP) is 9.94. The molecule has 0 saturated carbocycles. The van der Waals surface area contributed by atoms with Crippen LogP contribution in [0.4, 0.5) is 0 Å². The van der Waals surface area contributed by atoms with Gasteiger partial charge in [0.05, 0.1) is 20.1 Å². The molecule has 0 atom stereocenters. The van der Waals surface area contributed by atoms with E-state index in [4.69, 9.17) is 46.4 Å². The molecule has 0 unspecified atom stereocenters. The van der Waals surface area contributed by atoms with Crippen molar-refractivity contribution in [2.45, 2.75) is 65.5 Å². The minimum Gasteiger partial charge on any atom is -0.374 e. The van der Waals surface area contributed by atoms with Crippen LogP contribution in [0, 0.1) is 0 Å². The van der Waals surface area contributed by atoms with Crippen molar-refractivity contribution in [1.82, 2.24) is 9.80 Å². The summed E-state index contributed by atoms with van der Waals surface area (Å²) < 4.78 is 7.14. The van der Waals surface area contributed by atoms with Gasteiger partial charge in [-0.2, -0.15) is 9.13 Å². The van der Waals surface area contributed by atoms with Crippen LogP contribution in [0.25, 0.3) is 32.6 Å². The smallest absolute Gasteiger partial charge is 0.264 e.